The molecular formula is C100H72N4OPtSi2-2. The normalized spacial score (nSPS) is 16.9. The first-order valence-corrected chi connectivity index (χ1v) is 37.6. The van der Waals surface area contributed by atoms with Crippen molar-refractivity contribution in [3.8, 4) is 84.3 Å². The monoisotopic (exact) mass is 1630 g/mol. The molecule has 1 aliphatic heterocycles. The summed E-state index contributed by atoms with van der Waals surface area (Å²) in [5.41, 5.74) is 1.32. The summed E-state index contributed by atoms with van der Waals surface area (Å²) in [7, 11) is -13.2. The molecule has 108 heavy (non-hydrogen) atoms. The number of nitrogens with zero attached hydrogens (tertiary/aromatic N) is 4. The van der Waals surface area contributed by atoms with Gasteiger partial charge in [0.25, 0.3) is 6.33 Å². The van der Waals surface area contributed by atoms with Crippen molar-refractivity contribution in [3.05, 3.63) is 405 Å². The van der Waals surface area contributed by atoms with Crippen molar-refractivity contribution < 1.29 is 82.5 Å². The van der Waals surface area contributed by atoms with Crippen LogP contribution in [0.1, 0.15) is 78.4 Å². The van der Waals surface area contributed by atoms with Crippen LogP contribution in [0.25, 0.3) is 106 Å². The van der Waals surface area contributed by atoms with E-state index in [1.165, 1.54) is 41.0 Å². The zero-order chi connectivity index (χ0) is 105. The predicted octanol–water partition coefficient (Wildman–Crippen LogP) is 18.3. The van der Waals surface area contributed by atoms with Gasteiger partial charge in [0.05, 0.1) is 68.8 Å². The Morgan fingerprint density at radius 3 is 1.47 bits per heavy atom. The quantitative estimate of drug-likeness (QED) is 0.0471. The third kappa shape index (κ3) is 11.4. The largest absolute Gasteiger partial charge is 0.510 e. The standard InChI is InChI=1S/C100H72N4OSi2.Pt/c1-100(2,3)73-61-62-101-97(66-73)104-94-55-25-24-51-89(94)90-60-58-76(68-96(90)104)105-75-34-28-33-74(67-75)102-69-103-98-85(72-32-27-48-84(64-72)107(80-41-16-7-17-42-80,81-43-18-8-19-44-81)82-45-20-9-21-46-82)52-29-53-92(98)93-65-71(57-59-88(93)86-49-22-23-50-87(86)91-54-30-56-95(102)99(91)103)70-31-26-47-83(63-70)106(77-35-10-4-11-36-77,78-37-12-5-13-38-78)79-39-14-6-15-40-79;/h4-66H,1-3H3;/q-2;/i4D,5D,6D,7D,8D,9D,10D,11D,12D,13D,14D,15D,16D,17D,18D,19D,20D,21D,26D,27D,31D,32D,35D,36D,37D,38D,39D,40D,41D,42D,43D,44D,45D,46D,47D,48D,63D,64D;. The van der Waals surface area contributed by atoms with Gasteiger partial charge in [0.1, 0.15) is 5.82 Å². The van der Waals surface area contributed by atoms with Crippen LogP contribution >= 0.6 is 0 Å². The van der Waals surface area contributed by atoms with Crippen LogP contribution < -0.4 is 50.8 Å². The number of para-hydroxylation sites is 3. The van der Waals surface area contributed by atoms with Crippen LogP contribution in [0.4, 0.5) is 0 Å². The van der Waals surface area contributed by atoms with Crippen molar-refractivity contribution in [1.29, 1.82) is 0 Å². The topological polar surface area (TPSA) is 35.9 Å². The van der Waals surface area contributed by atoms with Crippen LogP contribution in [0.3, 0.4) is 0 Å². The molecule has 518 valence electrons. The Kier molecular flexibility index (Phi) is 9.73. The van der Waals surface area contributed by atoms with E-state index in [1.807, 2.05) is 47.0 Å². The van der Waals surface area contributed by atoms with Crippen LogP contribution in [-0.2, 0) is 26.5 Å². The molecule has 0 N–H and O–H groups in total. The van der Waals surface area contributed by atoms with Gasteiger partial charge in [-0.05, 0) is 143 Å². The zero-order valence-electron chi connectivity index (χ0n) is 94.9. The van der Waals surface area contributed by atoms with Gasteiger partial charge in [0.2, 0.25) is 0 Å². The minimum absolute atomic E-state index is 0. The first kappa shape index (κ1) is 37.8. The zero-order valence-corrected chi connectivity index (χ0v) is 61.2. The average Bonchev–Trinajstić information content (AvgIpc) is 0.726. The molecule has 5 nitrogen and oxygen atoms in total. The minimum atomic E-state index is -6.63. The van der Waals surface area contributed by atoms with Gasteiger partial charge in [-0.2, -0.15) is 18.2 Å². The van der Waals surface area contributed by atoms with Crippen molar-refractivity contribution in [1.82, 2.24) is 14.1 Å². The summed E-state index contributed by atoms with van der Waals surface area (Å²) in [6, 6.07) is 1.64. The molecule has 0 spiro atoms. The van der Waals surface area contributed by atoms with Crippen molar-refractivity contribution in [2.45, 2.75) is 26.2 Å². The summed E-state index contributed by atoms with van der Waals surface area (Å²) >= 11 is 0. The van der Waals surface area contributed by atoms with E-state index < -0.39 is 304 Å². The van der Waals surface area contributed by atoms with E-state index in [9.17, 15) is 43.9 Å². The molecule has 0 atom stereocenters. The van der Waals surface area contributed by atoms with Gasteiger partial charge in [-0.3, -0.25) is 4.57 Å². The summed E-state index contributed by atoms with van der Waals surface area (Å²) < 4.78 is 382. The van der Waals surface area contributed by atoms with E-state index >= 15 is 0 Å². The summed E-state index contributed by atoms with van der Waals surface area (Å²) in [4.78, 5) is 4.85. The van der Waals surface area contributed by atoms with Crippen molar-refractivity contribution in [2.75, 3.05) is 0 Å². The van der Waals surface area contributed by atoms with E-state index in [0.29, 0.717) is 28.0 Å². The molecule has 0 radical (unpaired) electrons. The Labute approximate surface area is 700 Å². The van der Waals surface area contributed by atoms with Gasteiger partial charge in [-0.1, -0.05) is 347 Å². The molecule has 0 aliphatic carbocycles. The molecule has 0 amide bonds. The summed E-state index contributed by atoms with van der Waals surface area (Å²) in [6.45, 7) is 6.27. The fraction of sp³-hybridized carbons (Fsp3) is 0.0400. The van der Waals surface area contributed by atoms with Gasteiger partial charge in [-0.15, -0.1) is 29.7 Å². The van der Waals surface area contributed by atoms with Crippen LogP contribution in [0.2, 0.25) is 0 Å². The molecule has 3 aromatic heterocycles. The van der Waals surface area contributed by atoms with Gasteiger partial charge in [-0.25, -0.2) is 4.98 Å². The average molecular weight is 1640 g/mol. The number of hydrogen-bond acceptors (Lipinski definition) is 2. The second-order valence-electron chi connectivity index (χ2n) is 26.0. The number of imidazole rings is 1. The molecular weight excluding hydrogens is 1520 g/mol. The van der Waals surface area contributed by atoms with Crippen LogP contribution in [0, 0.1) is 18.5 Å². The molecule has 0 fully saturated rings. The fourth-order valence-corrected chi connectivity index (χ4v) is 21.5. The summed E-state index contributed by atoms with van der Waals surface area (Å²) in [5, 5.41) is -7.36. The second kappa shape index (κ2) is 27.8. The number of ether oxygens (including phenoxy) is 1. The van der Waals surface area contributed by atoms with Crippen LogP contribution in [-0.4, -0.2) is 30.3 Å². The molecule has 1 aliphatic rings. The number of pyridine rings is 1. The second-order valence-corrected chi connectivity index (χ2v) is 33.0. The molecule has 0 saturated heterocycles. The third-order valence-corrected chi connectivity index (χ3v) is 27.2. The molecule has 0 saturated carbocycles. The van der Waals surface area contributed by atoms with Gasteiger partial charge < -0.3 is 13.9 Å². The fourth-order valence-electron chi connectivity index (χ4n) is 14.4. The van der Waals surface area contributed by atoms with Crippen molar-refractivity contribution in [2.24, 2.45) is 0 Å². The van der Waals surface area contributed by atoms with Gasteiger partial charge in [0, 0.05) is 44.3 Å². The first-order valence-electron chi connectivity index (χ1n) is 52.6. The SMILES string of the molecule is [2H]c1c([2H])c([2H])c([Si](c2c([2H])c([2H])c([2H])c([2H])c2[2H])(c2c([2H])c([2H])c([2H])c([2H])c2[2H])c2c([2H])c([2H])c([2H])c(-c3ccc4c(c3)-c3cccc(-c5c([2H])c([2H])c([2H])c([Si](c6c([2H])c([2H])c([2H])c([2H])c6[2H])(c6c([2H])c([2H])c([2H])c([2H])c6[2H])c6c([2H])c([2H])c([2H])c([2H])c6[2H])c5[2H])c3-[n+]3[c-]n(-c5[c-]c(Oc6[c-]c7c(cc6)c6ccccc6n7-c6cc(C(C)(C)C)ccn6)ccc5)c5cccc(c53)-c3ccccc3-4)c2[2H])c([2H])c1[2H].[Pt]. The maximum Gasteiger partial charge on any atom is 0.268 e. The van der Waals surface area contributed by atoms with E-state index in [0.717, 1.165) is 21.9 Å². The Balaban J connectivity index is 0.0000140. The van der Waals surface area contributed by atoms with Gasteiger partial charge in [0.15, 0.2) is 16.1 Å². The van der Waals surface area contributed by atoms with Crippen molar-refractivity contribution in [3.63, 3.8) is 0 Å². The molecule has 8 heteroatoms. The Hall–Kier alpha value is -12.4. The third-order valence-electron chi connectivity index (χ3n) is 19.2. The summed E-state index contributed by atoms with van der Waals surface area (Å²) in [5.74, 6) is 0.910. The Bertz CT molecular complexity index is 8360. The predicted molar refractivity (Wildman–Crippen MR) is 447 cm³/mol. The number of benzene rings is 15. The van der Waals surface area contributed by atoms with Crippen LogP contribution in [0.5, 0.6) is 11.5 Å². The first-order chi connectivity index (χ1) is 68.5. The number of rotatable bonds is 14. The molecule has 15 aromatic carbocycles. The Morgan fingerprint density at radius 2 is 0.870 bits per heavy atom. The number of hydrogen-bond donors (Lipinski definition) is 0. The Morgan fingerprint density at radius 1 is 0.389 bits per heavy atom. The van der Waals surface area contributed by atoms with E-state index in [2.05, 4.69) is 39.2 Å². The molecule has 4 heterocycles. The van der Waals surface area contributed by atoms with E-state index in [-0.39, 0.29) is 82.6 Å². The maximum absolute atomic E-state index is 11.4. The molecule has 19 rings (SSSR count). The molecule has 0 unspecified atom stereocenters. The summed E-state index contributed by atoms with van der Waals surface area (Å²) in [6.07, 6.45) is 5.27. The van der Waals surface area contributed by atoms with Gasteiger partial charge >= 0.3 is 0 Å². The molecule has 0 bridgehead atoms. The van der Waals surface area contributed by atoms with Crippen molar-refractivity contribution >= 4 is 90.5 Å². The van der Waals surface area contributed by atoms with E-state index in [1.54, 1.807) is 77.5 Å². The number of fused-ring (bicyclic) bond motifs is 10. The maximum atomic E-state index is 11.4. The smallest absolute Gasteiger partial charge is 0.268 e. The molecule has 18 aromatic rings. The van der Waals surface area contributed by atoms with E-state index in [4.69, 9.17) is 17.9 Å². The number of aromatic nitrogens is 4. The van der Waals surface area contributed by atoms with Crippen LogP contribution in [0.15, 0.2) is 381 Å². The minimum Gasteiger partial charge on any atom is -0.510 e.